The molecule has 2 rings (SSSR count). The van der Waals surface area contributed by atoms with Crippen molar-refractivity contribution in [3.05, 3.63) is 65.0 Å². The summed E-state index contributed by atoms with van der Waals surface area (Å²) >= 11 is 0. The van der Waals surface area contributed by atoms with E-state index in [2.05, 4.69) is 36.3 Å². The Balaban J connectivity index is 2.02. The molecule has 1 aromatic heterocycles. The molecular formula is C15H16N2O. The molecule has 0 saturated carbocycles. The number of hydrogen-bond acceptors (Lipinski definition) is 2. The molecule has 3 nitrogen and oxygen atoms in total. The van der Waals surface area contributed by atoms with Gasteiger partial charge < -0.3 is 5.32 Å². The van der Waals surface area contributed by atoms with Gasteiger partial charge in [0.15, 0.2) is 0 Å². The fraction of sp³-hybridized carbons (Fsp3) is 0.200. The van der Waals surface area contributed by atoms with Crippen molar-refractivity contribution < 1.29 is 4.79 Å². The first-order valence-corrected chi connectivity index (χ1v) is 5.91. The maximum absolute atomic E-state index is 11.8. The molecule has 0 spiro atoms. The van der Waals surface area contributed by atoms with E-state index < -0.39 is 0 Å². The molecule has 1 heterocycles. The van der Waals surface area contributed by atoms with Crippen molar-refractivity contribution in [3.8, 4) is 0 Å². The molecular weight excluding hydrogens is 224 g/mol. The number of nitrogens with zero attached hydrogens (tertiary/aromatic N) is 1. The van der Waals surface area contributed by atoms with Crippen molar-refractivity contribution in [2.45, 2.75) is 20.4 Å². The minimum absolute atomic E-state index is 0.0944. The lowest BCUT2D eigenvalue weighted by molar-refractivity contribution is 0.0950. The van der Waals surface area contributed by atoms with E-state index in [1.165, 1.54) is 11.1 Å². The van der Waals surface area contributed by atoms with Gasteiger partial charge in [0, 0.05) is 18.9 Å². The Kier molecular flexibility index (Phi) is 3.72. The van der Waals surface area contributed by atoms with Gasteiger partial charge in [-0.2, -0.15) is 0 Å². The molecule has 1 aromatic carbocycles. The smallest absolute Gasteiger partial charge is 0.253 e. The second-order valence-corrected chi connectivity index (χ2v) is 4.35. The number of carbonyl (C=O) groups excluding carboxylic acids is 1. The number of hydrogen-bond donors (Lipinski definition) is 1. The van der Waals surface area contributed by atoms with E-state index >= 15 is 0 Å². The standard InChI is InChI=1S/C15H16N2O/c1-11-5-6-13(12(2)8-11)10-17-15(18)14-4-3-7-16-9-14/h3-9H,10H2,1-2H3,(H,17,18). The number of aromatic nitrogens is 1. The number of amides is 1. The van der Waals surface area contributed by atoms with E-state index in [-0.39, 0.29) is 5.91 Å². The lowest BCUT2D eigenvalue weighted by atomic mass is 10.1. The highest BCUT2D eigenvalue weighted by Gasteiger charge is 2.05. The van der Waals surface area contributed by atoms with Crippen LogP contribution in [0, 0.1) is 13.8 Å². The maximum atomic E-state index is 11.8. The Hall–Kier alpha value is -2.16. The second kappa shape index (κ2) is 5.45. The maximum Gasteiger partial charge on any atom is 0.253 e. The highest BCUT2D eigenvalue weighted by Crippen LogP contribution is 2.10. The zero-order chi connectivity index (χ0) is 13.0. The second-order valence-electron chi connectivity index (χ2n) is 4.35. The Morgan fingerprint density at radius 1 is 1.28 bits per heavy atom. The van der Waals surface area contributed by atoms with Crippen LogP contribution in [0.25, 0.3) is 0 Å². The van der Waals surface area contributed by atoms with Gasteiger partial charge in [0.2, 0.25) is 0 Å². The van der Waals surface area contributed by atoms with Crippen molar-refractivity contribution >= 4 is 5.91 Å². The third kappa shape index (κ3) is 2.94. The van der Waals surface area contributed by atoms with Crippen LogP contribution in [-0.2, 0) is 6.54 Å². The van der Waals surface area contributed by atoms with E-state index in [0.29, 0.717) is 12.1 Å². The number of pyridine rings is 1. The van der Waals surface area contributed by atoms with E-state index in [1.54, 1.807) is 24.5 Å². The van der Waals surface area contributed by atoms with Crippen LogP contribution < -0.4 is 5.32 Å². The molecule has 92 valence electrons. The molecule has 0 radical (unpaired) electrons. The monoisotopic (exact) mass is 240 g/mol. The Bertz CT molecular complexity index is 550. The molecule has 0 aliphatic rings. The molecule has 0 atom stereocenters. The predicted octanol–water partition coefficient (Wildman–Crippen LogP) is 2.63. The highest BCUT2D eigenvalue weighted by atomic mass is 16.1. The normalized spacial score (nSPS) is 10.1. The van der Waals surface area contributed by atoms with Gasteiger partial charge >= 0.3 is 0 Å². The van der Waals surface area contributed by atoms with Crippen LogP contribution in [0.15, 0.2) is 42.7 Å². The first-order chi connectivity index (χ1) is 8.66. The lowest BCUT2D eigenvalue weighted by Crippen LogP contribution is -2.23. The Morgan fingerprint density at radius 2 is 2.11 bits per heavy atom. The Labute approximate surface area is 107 Å². The van der Waals surface area contributed by atoms with Gasteiger partial charge in [-0.1, -0.05) is 23.8 Å². The molecule has 0 bridgehead atoms. The number of aryl methyl sites for hydroxylation is 2. The number of nitrogens with one attached hydrogen (secondary N) is 1. The van der Waals surface area contributed by atoms with Crippen molar-refractivity contribution in [3.63, 3.8) is 0 Å². The highest BCUT2D eigenvalue weighted by molar-refractivity contribution is 5.93. The van der Waals surface area contributed by atoms with Gasteiger partial charge in [-0.15, -0.1) is 0 Å². The van der Waals surface area contributed by atoms with Crippen molar-refractivity contribution in [1.82, 2.24) is 10.3 Å². The quantitative estimate of drug-likeness (QED) is 0.896. The SMILES string of the molecule is Cc1ccc(CNC(=O)c2cccnc2)c(C)c1. The average molecular weight is 240 g/mol. The van der Waals surface area contributed by atoms with Crippen LogP contribution in [0.3, 0.4) is 0 Å². The van der Waals surface area contributed by atoms with Gasteiger partial charge in [0.25, 0.3) is 5.91 Å². The van der Waals surface area contributed by atoms with E-state index in [9.17, 15) is 4.79 Å². The van der Waals surface area contributed by atoms with Crippen molar-refractivity contribution in [1.29, 1.82) is 0 Å². The third-order valence-corrected chi connectivity index (χ3v) is 2.86. The van der Waals surface area contributed by atoms with Crippen LogP contribution in [0.1, 0.15) is 27.0 Å². The molecule has 1 N–H and O–H groups in total. The zero-order valence-corrected chi connectivity index (χ0v) is 10.6. The first-order valence-electron chi connectivity index (χ1n) is 5.91. The summed E-state index contributed by atoms with van der Waals surface area (Å²) in [5.41, 5.74) is 4.15. The molecule has 0 fully saturated rings. The summed E-state index contributed by atoms with van der Waals surface area (Å²) in [5.74, 6) is -0.0944. The first kappa shape index (κ1) is 12.3. The summed E-state index contributed by atoms with van der Waals surface area (Å²) in [6.07, 6.45) is 3.22. The fourth-order valence-corrected chi connectivity index (χ4v) is 1.82. The third-order valence-electron chi connectivity index (χ3n) is 2.86. The molecule has 1 amide bonds. The number of carbonyl (C=O) groups is 1. The Morgan fingerprint density at radius 3 is 2.78 bits per heavy atom. The van der Waals surface area contributed by atoms with Gasteiger partial charge in [0.05, 0.1) is 5.56 Å². The fourth-order valence-electron chi connectivity index (χ4n) is 1.82. The van der Waals surface area contributed by atoms with Gasteiger partial charge in [-0.3, -0.25) is 9.78 Å². The van der Waals surface area contributed by atoms with Crippen LogP contribution in [-0.4, -0.2) is 10.9 Å². The van der Waals surface area contributed by atoms with Gasteiger partial charge in [-0.25, -0.2) is 0 Å². The summed E-state index contributed by atoms with van der Waals surface area (Å²) in [5, 5.41) is 2.90. The lowest BCUT2D eigenvalue weighted by Gasteiger charge is -2.08. The topological polar surface area (TPSA) is 42.0 Å². The van der Waals surface area contributed by atoms with E-state index in [1.807, 2.05) is 6.07 Å². The summed E-state index contributed by atoms with van der Waals surface area (Å²) in [7, 11) is 0. The van der Waals surface area contributed by atoms with Gasteiger partial charge in [-0.05, 0) is 37.1 Å². The predicted molar refractivity (Wildman–Crippen MR) is 71.3 cm³/mol. The van der Waals surface area contributed by atoms with Crippen LogP contribution in [0.5, 0.6) is 0 Å². The molecule has 2 aromatic rings. The molecule has 18 heavy (non-hydrogen) atoms. The summed E-state index contributed by atoms with van der Waals surface area (Å²) in [4.78, 5) is 15.8. The molecule has 0 aliphatic heterocycles. The van der Waals surface area contributed by atoms with Crippen molar-refractivity contribution in [2.24, 2.45) is 0 Å². The largest absolute Gasteiger partial charge is 0.348 e. The van der Waals surface area contributed by atoms with Gasteiger partial charge in [0.1, 0.15) is 0 Å². The molecule has 0 aliphatic carbocycles. The zero-order valence-electron chi connectivity index (χ0n) is 10.6. The number of rotatable bonds is 3. The summed E-state index contributed by atoms with van der Waals surface area (Å²) in [6, 6.07) is 9.73. The minimum atomic E-state index is -0.0944. The van der Waals surface area contributed by atoms with Crippen LogP contribution in [0.2, 0.25) is 0 Å². The van der Waals surface area contributed by atoms with Crippen LogP contribution in [0.4, 0.5) is 0 Å². The molecule has 3 heteroatoms. The van der Waals surface area contributed by atoms with E-state index in [0.717, 1.165) is 5.56 Å². The summed E-state index contributed by atoms with van der Waals surface area (Å²) in [6.45, 7) is 4.66. The molecule has 0 unspecified atom stereocenters. The molecule has 0 saturated heterocycles. The van der Waals surface area contributed by atoms with E-state index in [4.69, 9.17) is 0 Å². The minimum Gasteiger partial charge on any atom is -0.348 e. The summed E-state index contributed by atoms with van der Waals surface area (Å²) < 4.78 is 0. The average Bonchev–Trinajstić information content (AvgIpc) is 2.38. The van der Waals surface area contributed by atoms with Crippen molar-refractivity contribution in [2.75, 3.05) is 0 Å². The van der Waals surface area contributed by atoms with Crippen LogP contribution >= 0.6 is 0 Å². The number of benzene rings is 1.